The number of rotatable bonds is 59. The molecule has 6 heteroatoms. The third-order valence-electron chi connectivity index (χ3n) is 15.3. The fourth-order valence-electron chi connectivity index (χ4n) is 10.1. The third kappa shape index (κ3) is 57.5. The molecular weight excluding hydrogens is 877 g/mol. The predicted octanol–water partition coefficient (Wildman–Crippen LogP) is 21.6. The standard InChI is InChI=1S/C65H126O6/c1-6-8-9-10-11-12-13-23-30-35-40-45-50-55-63(66)69-58-62(59-70-64(67)56-51-46-41-36-31-26-22-18-19-24-28-33-38-43-48-53-60(3)4)71-65(68)57-52-47-42-37-32-27-21-17-15-14-16-20-25-29-34-39-44-49-54-61(5)7-2/h60-62H,6-59H2,1-5H3/t61?,62-/m0/s1. The van der Waals surface area contributed by atoms with Gasteiger partial charge in [-0.3, -0.25) is 14.4 Å². The number of hydrogen-bond donors (Lipinski definition) is 0. The summed E-state index contributed by atoms with van der Waals surface area (Å²) in [6, 6.07) is 0. The van der Waals surface area contributed by atoms with E-state index in [0.717, 1.165) is 69.6 Å². The van der Waals surface area contributed by atoms with Crippen LogP contribution >= 0.6 is 0 Å². The van der Waals surface area contributed by atoms with E-state index in [1.807, 2.05) is 0 Å². The smallest absolute Gasteiger partial charge is 0.306 e. The van der Waals surface area contributed by atoms with Gasteiger partial charge in [0, 0.05) is 19.3 Å². The molecule has 0 aromatic rings. The second-order valence-electron chi connectivity index (χ2n) is 23.1. The van der Waals surface area contributed by atoms with E-state index in [1.54, 1.807) is 0 Å². The average Bonchev–Trinajstić information content (AvgIpc) is 3.36. The summed E-state index contributed by atoms with van der Waals surface area (Å²) >= 11 is 0. The van der Waals surface area contributed by atoms with E-state index in [-0.39, 0.29) is 31.1 Å². The Balaban J connectivity index is 4.25. The van der Waals surface area contributed by atoms with Gasteiger partial charge in [0.25, 0.3) is 0 Å². The van der Waals surface area contributed by atoms with Crippen LogP contribution in [0.5, 0.6) is 0 Å². The number of hydrogen-bond acceptors (Lipinski definition) is 6. The predicted molar refractivity (Wildman–Crippen MR) is 307 cm³/mol. The van der Waals surface area contributed by atoms with Gasteiger partial charge in [0.05, 0.1) is 0 Å². The summed E-state index contributed by atoms with van der Waals surface area (Å²) < 4.78 is 17.0. The van der Waals surface area contributed by atoms with Gasteiger partial charge in [-0.2, -0.15) is 0 Å². The van der Waals surface area contributed by atoms with Crippen LogP contribution in [0.2, 0.25) is 0 Å². The Kier molecular flexibility index (Phi) is 56.4. The van der Waals surface area contributed by atoms with Crippen LogP contribution in [0.15, 0.2) is 0 Å². The number of carbonyl (C=O) groups is 3. The molecule has 422 valence electrons. The lowest BCUT2D eigenvalue weighted by Gasteiger charge is -2.18. The van der Waals surface area contributed by atoms with E-state index < -0.39 is 6.10 Å². The molecule has 0 aliphatic rings. The molecule has 0 N–H and O–H groups in total. The Morgan fingerprint density at radius 3 is 0.803 bits per heavy atom. The number of ether oxygens (including phenoxy) is 3. The van der Waals surface area contributed by atoms with E-state index in [0.29, 0.717) is 19.3 Å². The Hall–Kier alpha value is -1.59. The highest BCUT2D eigenvalue weighted by molar-refractivity contribution is 5.71. The lowest BCUT2D eigenvalue weighted by molar-refractivity contribution is -0.167. The van der Waals surface area contributed by atoms with Crippen molar-refractivity contribution in [3.63, 3.8) is 0 Å². The maximum absolute atomic E-state index is 12.9. The molecule has 0 amide bonds. The van der Waals surface area contributed by atoms with E-state index in [9.17, 15) is 14.4 Å². The zero-order chi connectivity index (χ0) is 51.8. The van der Waals surface area contributed by atoms with Crippen LogP contribution < -0.4 is 0 Å². The fourth-order valence-corrected chi connectivity index (χ4v) is 10.1. The van der Waals surface area contributed by atoms with Crippen molar-refractivity contribution in [2.24, 2.45) is 11.8 Å². The summed E-state index contributed by atoms with van der Waals surface area (Å²) in [4.78, 5) is 38.3. The van der Waals surface area contributed by atoms with Crippen molar-refractivity contribution in [2.75, 3.05) is 13.2 Å². The summed E-state index contributed by atoms with van der Waals surface area (Å²) in [6.45, 7) is 11.5. The monoisotopic (exact) mass is 1000 g/mol. The maximum Gasteiger partial charge on any atom is 0.306 e. The summed E-state index contributed by atoms with van der Waals surface area (Å²) in [5.74, 6) is 0.928. The van der Waals surface area contributed by atoms with Crippen molar-refractivity contribution in [3.05, 3.63) is 0 Å². The van der Waals surface area contributed by atoms with Crippen molar-refractivity contribution >= 4 is 17.9 Å². The molecule has 0 bridgehead atoms. The highest BCUT2D eigenvalue weighted by Crippen LogP contribution is 2.19. The molecule has 0 aromatic carbocycles. The first kappa shape index (κ1) is 69.4. The molecule has 71 heavy (non-hydrogen) atoms. The van der Waals surface area contributed by atoms with Crippen molar-refractivity contribution in [3.8, 4) is 0 Å². The van der Waals surface area contributed by atoms with Crippen LogP contribution in [0.25, 0.3) is 0 Å². The van der Waals surface area contributed by atoms with Gasteiger partial charge in [0.15, 0.2) is 6.10 Å². The topological polar surface area (TPSA) is 78.9 Å². The van der Waals surface area contributed by atoms with Gasteiger partial charge >= 0.3 is 17.9 Å². The Bertz CT molecular complexity index is 1090. The summed E-state index contributed by atoms with van der Waals surface area (Å²) in [7, 11) is 0. The molecule has 0 rings (SSSR count). The molecule has 0 aliphatic heterocycles. The van der Waals surface area contributed by atoms with Crippen molar-refractivity contribution < 1.29 is 28.6 Å². The van der Waals surface area contributed by atoms with Gasteiger partial charge in [-0.25, -0.2) is 0 Å². The average molecular weight is 1000 g/mol. The third-order valence-corrected chi connectivity index (χ3v) is 15.3. The zero-order valence-electron chi connectivity index (χ0n) is 48.9. The number of esters is 3. The van der Waals surface area contributed by atoms with Crippen molar-refractivity contribution in [1.29, 1.82) is 0 Å². The van der Waals surface area contributed by atoms with E-state index in [1.165, 1.54) is 257 Å². The molecule has 0 radical (unpaired) electrons. The van der Waals surface area contributed by atoms with Gasteiger partial charge in [-0.15, -0.1) is 0 Å². The first-order valence-corrected chi connectivity index (χ1v) is 32.3. The minimum Gasteiger partial charge on any atom is -0.462 e. The minimum absolute atomic E-state index is 0.0618. The fraction of sp³-hybridized carbons (Fsp3) is 0.954. The summed E-state index contributed by atoms with van der Waals surface area (Å²) in [5.41, 5.74) is 0. The molecule has 6 nitrogen and oxygen atoms in total. The molecule has 0 spiro atoms. The first-order chi connectivity index (χ1) is 34.8. The zero-order valence-corrected chi connectivity index (χ0v) is 48.9. The van der Waals surface area contributed by atoms with Crippen LogP contribution in [0.4, 0.5) is 0 Å². The van der Waals surface area contributed by atoms with E-state index in [2.05, 4.69) is 34.6 Å². The number of unbranched alkanes of at least 4 members (excludes halogenated alkanes) is 43. The quantitative estimate of drug-likeness (QED) is 0.0343. The maximum atomic E-state index is 12.9. The number of carbonyl (C=O) groups excluding carboxylic acids is 3. The summed E-state index contributed by atoms with van der Waals surface area (Å²) in [5, 5.41) is 0. The molecule has 0 aliphatic carbocycles. The lowest BCUT2D eigenvalue weighted by Crippen LogP contribution is -2.30. The Morgan fingerprint density at radius 2 is 0.535 bits per heavy atom. The van der Waals surface area contributed by atoms with Gasteiger partial charge < -0.3 is 14.2 Å². The Morgan fingerprint density at radius 1 is 0.296 bits per heavy atom. The van der Waals surface area contributed by atoms with Gasteiger partial charge in [0.2, 0.25) is 0 Å². The van der Waals surface area contributed by atoms with Gasteiger partial charge in [-0.1, -0.05) is 330 Å². The summed E-state index contributed by atoms with van der Waals surface area (Å²) in [6.07, 6.45) is 63.8. The highest BCUT2D eigenvalue weighted by atomic mass is 16.6. The molecule has 1 unspecified atom stereocenters. The Labute approximate surface area is 444 Å². The molecular formula is C65H126O6. The lowest BCUT2D eigenvalue weighted by atomic mass is 9.99. The second-order valence-corrected chi connectivity index (χ2v) is 23.1. The SMILES string of the molecule is CCCCCCCCCCCCCCCC(=O)OC[C@@H](COC(=O)CCCCCCCCCCCCCCCCCC(C)C)OC(=O)CCCCCCCCCCCCCCCCCCCCC(C)CC. The van der Waals surface area contributed by atoms with Crippen LogP contribution in [-0.4, -0.2) is 37.2 Å². The largest absolute Gasteiger partial charge is 0.462 e. The van der Waals surface area contributed by atoms with E-state index >= 15 is 0 Å². The molecule has 2 atom stereocenters. The minimum atomic E-state index is -0.763. The second kappa shape index (κ2) is 57.7. The van der Waals surface area contributed by atoms with Crippen LogP contribution in [-0.2, 0) is 28.6 Å². The van der Waals surface area contributed by atoms with Crippen LogP contribution in [0.3, 0.4) is 0 Å². The molecule has 0 saturated heterocycles. The first-order valence-electron chi connectivity index (χ1n) is 32.3. The highest BCUT2D eigenvalue weighted by Gasteiger charge is 2.19. The molecule has 0 saturated carbocycles. The van der Waals surface area contributed by atoms with Crippen LogP contribution in [0, 0.1) is 11.8 Å². The molecule has 0 aromatic heterocycles. The van der Waals surface area contributed by atoms with Gasteiger partial charge in [-0.05, 0) is 31.1 Å². The molecule has 0 heterocycles. The van der Waals surface area contributed by atoms with Crippen LogP contribution in [0.1, 0.15) is 369 Å². The normalized spacial score (nSPS) is 12.4. The van der Waals surface area contributed by atoms with Crippen molar-refractivity contribution in [1.82, 2.24) is 0 Å². The van der Waals surface area contributed by atoms with Crippen molar-refractivity contribution in [2.45, 2.75) is 375 Å². The van der Waals surface area contributed by atoms with Gasteiger partial charge in [0.1, 0.15) is 13.2 Å². The van der Waals surface area contributed by atoms with E-state index in [4.69, 9.17) is 14.2 Å². The molecule has 0 fully saturated rings.